The van der Waals surface area contributed by atoms with E-state index in [1.807, 2.05) is 16.5 Å². The third-order valence-corrected chi connectivity index (χ3v) is 4.83. The molecule has 0 unspecified atom stereocenters. The van der Waals surface area contributed by atoms with Crippen LogP contribution in [0.4, 0.5) is 0 Å². The molecule has 0 bridgehead atoms. The molecule has 0 radical (unpaired) electrons. The highest BCUT2D eigenvalue weighted by Crippen LogP contribution is 2.10. The van der Waals surface area contributed by atoms with Gasteiger partial charge in [0.25, 0.3) is 5.91 Å². The normalized spacial score (nSPS) is 14.7. The summed E-state index contributed by atoms with van der Waals surface area (Å²) in [6.07, 6.45) is 2.47. The van der Waals surface area contributed by atoms with Gasteiger partial charge in [0.1, 0.15) is 0 Å². The molecule has 29 heavy (non-hydrogen) atoms. The van der Waals surface area contributed by atoms with Crippen molar-refractivity contribution in [2.75, 3.05) is 39.3 Å². The lowest BCUT2D eigenvalue weighted by molar-refractivity contribution is 0.0657. The summed E-state index contributed by atoms with van der Waals surface area (Å²) in [5.41, 5.74) is 2.24. The monoisotopic (exact) mass is 514 g/mol. The van der Waals surface area contributed by atoms with Gasteiger partial charge >= 0.3 is 0 Å². The standard InChI is InChI=1S/C20H30N6O2.HI/c1-4-21-20(22-8-6-9-26-17(3)15-16(2)23-26)25-12-10-24(11-13-25)19(27)18-7-5-14-28-18;/h5,7,14-15H,4,6,8-13H2,1-3H3,(H,21,22);1H. The molecule has 0 aliphatic carbocycles. The number of hydrogen-bond acceptors (Lipinski definition) is 4. The van der Waals surface area contributed by atoms with Crippen LogP contribution >= 0.6 is 24.0 Å². The molecular formula is C20H31IN6O2. The van der Waals surface area contributed by atoms with E-state index in [1.165, 1.54) is 12.0 Å². The zero-order chi connectivity index (χ0) is 19.9. The molecule has 0 spiro atoms. The molecule has 1 saturated heterocycles. The molecule has 1 fully saturated rings. The Kier molecular flexibility index (Phi) is 8.99. The second kappa shape index (κ2) is 11.2. The number of carbonyl (C=O) groups excluding carboxylic acids is 1. The molecule has 1 N–H and O–H groups in total. The van der Waals surface area contributed by atoms with Crippen molar-refractivity contribution in [3.8, 4) is 0 Å². The van der Waals surface area contributed by atoms with Crippen molar-refractivity contribution >= 4 is 35.8 Å². The molecule has 0 atom stereocenters. The van der Waals surface area contributed by atoms with Gasteiger partial charge in [-0.05, 0) is 45.4 Å². The largest absolute Gasteiger partial charge is 0.459 e. The van der Waals surface area contributed by atoms with Gasteiger partial charge in [-0.15, -0.1) is 24.0 Å². The summed E-state index contributed by atoms with van der Waals surface area (Å²) in [6, 6.07) is 5.55. The number of rotatable bonds is 6. The van der Waals surface area contributed by atoms with E-state index < -0.39 is 0 Å². The van der Waals surface area contributed by atoms with E-state index >= 15 is 0 Å². The van der Waals surface area contributed by atoms with Crippen LogP contribution in [-0.2, 0) is 6.54 Å². The first-order chi connectivity index (χ1) is 13.6. The van der Waals surface area contributed by atoms with E-state index in [1.54, 1.807) is 12.1 Å². The van der Waals surface area contributed by atoms with Crippen molar-refractivity contribution < 1.29 is 9.21 Å². The lowest BCUT2D eigenvalue weighted by atomic mass is 10.3. The van der Waals surface area contributed by atoms with Crippen LogP contribution in [0.25, 0.3) is 0 Å². The van der Waals surface area contributed by atoms with Gasteiger partial charge in [-0.2, -0.15) is 5.10 Å². The van der Waals surface area contributed by atoms with Gasteiger partial charge in [-0.3, -0.25) is 14.5 Å². The van der Waals surface area contributed by atoms with Crippen molar-refractivity contribution in [1.82, 2.24) is 24.9 Å². The summed E-state index contributed by atoms with van der Waals surface area (Å²) in [7, 11) is 0. The fraction of sp³-hybridized carbons (Fsp3) is 0.550. The topological polar surface area (TPSA) is 78.9 Å². The van der Waals surface area contributed by atoms with Gasteiger partial charge in [0.15, 0.2) is 11.7 Å². The second-order valence-corrected chi connectivity index (χ2v) is 7.00. The second-order valence-electron chi connectivity index (χ2n) is 7.00. The van der Waals surface area contributed by atoms with Crippen molar-refractivity contribution in [1.29, 1.82) is 0 Å². The minimum Gasteiger partial charge on any atom is -0.459 e. The predicted octanol–water partition coefficient (Wildman–Crippen LogP) is 2.52. The van der Waals surface area contributed by atoms with Crippen molar-refractivity contribution in [3.05, 3.63) is 41.6 Å². The Morgan fingerprint density at radius 3 is 2.55 bits per heavy atom. The minimum atomic E-state index is -0.0449. The summed E-state index contributed by atoms with van der Waals surface area (Å²) < 4.78 is 7.26. The molecule has 2 aromatic rings. The average molecular weight is 514 g/mol. The van der Waals surface area contributed by atoms with Gasteiger partial charge in [0.05, 0.1) is 12.0 Å². The van der Waals surface area contributed by atoms with Gasteiger partial charge in [-0.25, -0.2) is 0 Å². The number of aryl methyl sites for hydroxylation is 3. The first-order valence-electron chi connectivity index (χ1n) is 9.95. The first kappa shape index (κ1) is 23.2. The van der Waals surface area contributed by atoms with Crippen LogP contribution in [0, 0.1) is 13.8 Å². The maximum atomic E-state index is 12.4. The summed E-state index contributed by atoms with van der Waals surface area (Å²) in [6.45, 7) is 11.4. The molecule has 2 aromatic heterocycles. The van der Waals surface area contributed by atoms with Crippen molar-refractivity contribution in [3.63, 3.8) is 0 Å². The van der Waals surface area contributed by atoms with Crippen LogP contribution in [0.3, 0.4) is 0 Å². The number of aliphatic imine (C=N–C) groups is 1. The smallest absolute Gasteiger partial charge is 0.289 e. The zero-order valence-electron chi connectivity index (χ0n) is 17.4. The SMILES string of the molecule is CCNC(=NCCCn1nc(C)cc1C)N1CCN(C(=O)c2ccco2)CC1.I. The Labute approximate surface area is 189 Å². The molecule has 3 rings (SSSR count). The molecule has 0 aromatic carbocycles. The summed E-state index contributed by atoms with van der Waals surface area (Å²) >= 11 is 0. The van der Waals surface area contributed by atoms with Crippen LogP contribution in [0.15, 0.2) is 33.9 Å². The van der Waals surface area contributed by atoms with Gasteiger partial charge < -0.3 is 19.5 Å². The van der Waals surface area contributed by atoms with E-state index in [0.29, 0.717) is 18.8 Å². The third-order valence-electron chi connectivity index (χ3n) is 4.83. The van der Waals surface area contributed by atoms with Gasteiger partial charge in [0.2, 0.25) is 0 Å². The lowest BCUT2D eigenvalue weighted by Gasteiger charge is -2.36. The maximum absolute atomic E-state index is 12.4. The van der Waals surface area contributed by atoms with Crippen LogP contribution in [0.2, 0.25) is 0 Å². The maximum Gasteiger partial charge on any atom is 0.289 e. The number of guanidine groups is 1. The molecule has 8 nitrogen and oxygen atoms in total. The number of piperazine rings is 1. The fourth-order valence-electron chi connectivity index (χ4n) is 3.41. The Morgan fingerprint density at radius 1 is 1.24 bits per heavy atom. The summed E-state index contributed by atoms with van der Waals surface area (Å²) in [5, 5.41) is 7.87. The van der Waals surface area contributed by atoms with E-state index in [9.17, 15) is 4.79 Å². The summed E-state index contributed by atoms with van der Waals surface area (Å²) in [4.78, 5) is 21.2. The number of nitrogens with one attached hydrogen (secondary N) is 1. The fourth-order valence-corrected chi connectivity index (χ4v) is 3.41. The highest BCUT2D eigenvalue weighted by molar-refractivity contribution is 14.0. The molecule has 1 amide bonds. The van der Waals surface area contributed by atoms with E-state index in [2.05, 4.69) is 35.2 Å². The highest BCUT2D eigenvalue weighted by atomic mass is 127. The number of carbonyl (C=O) groups is 1. The van der Waals surface area contributed by atoms with Gasteiger partial charge in [0, 0.05) is 51.5 Å². The molecule has 0 saturated carbocycles. The van der Waals surface area contributed by atoms with Crippen LogP contribution < -0.4 is 5.32 Å². The number of hydrogen-bond donors (Lipinski definition) is 1. The lowest BCUT2D eigenvalue weighted by Crippen LogP contribution is -2.53. The van der Waals surface area contributed by atoms with Crippen molar-refractivity contribution in [2.45, 2.75) is 33.7 Å². The van der Waals surface area contributed by atoms with E-state index in [-0.39, 0.29) is 29.9 Å². The molecule has 1 aliphatic rings. The van der Waals surface area contributed by atoms with E-state index in [0.717, 1.165) is 50.8 Å². The number of furan rings is 1. The molecule has 160 valence electrons. The number of aromatic nitrogens is 2. The van der Waals surface area contributed by atoms with Crippen LogP contribution in [-0.4, -0.2) is 70.7 Å². The molecular weight excluding hydrogens is 483 g/mol. The average Bonchev–Trinajstić information content (AvgIpc) is 3.33. The number of amides is 1. The molecule has 3 heterocycles. The molecule has 1 aliphatic heterocycles. The molecule has 9 heteroatoms. The Hall–Kier alpha value is -2.04. The predicted molar refractivity (Wildman–Crippen MR) is 124 cm³/mol. The summed E-state index contributed by atoms with van der Waals surface area (Å²) in [5.74, 6) is 1.27. The van der Waals surface area contributed by atoms with Gasteiger partial charge in [-0.1, -0.05) is 0 Å². The Balaban J connectivity index is 0.00000300. The minimum absolute atomic E-state index is 0. The Morgan fingerprint density at radius 2 is 1.97 bits per heavy atom. The highest BCUT2D eigenvalue weighted by Gasteiger charge is 2.25. The first-order valence-corrected chi connectivity index (χ1v) is 9.95. The quantitative estimate of drug-likeness (QED) is 0.278. The number of nitrogens with zero attached hydrogens (tertiary/aromatic N) is 5. The van der Waals surface area contributed by atoms with Crippen molar-refractivity contribution in [2.24, 2.45) is 4.99 Å². The van der Waals surface area contributed by atoms with Crippen LogP contribution in [0.1, 0.15) is 35.3 Å². The zero-order valence-corrected chi connectivity index (χ0v) is 19.8. The number of halogens is 1. The van der Waals surface area contributed by atoms with Crippen LogP contribution in [0.5, 0.6) is 0 Å². The van der Waals surface area contributed by atoms with E-state index in [4.69, 9.17) is 9.41 Å². The Bertz CT molecular complexity index is 794. The third kappa shape index (κ3) is 6.22.